The minimum atomic E-state index is -2.50. The highest BCUT2D eigenvalue weighted by Crippen LogP contribution is 2.14. The number of hydrogen-bond acceptors (Lipinski definition) is 4. The highest BCUT2D eigenvalue weighted by atomic mass is 127. The van der Waals surface area contributed by atoms with Crippen molar-refractivity contribution in [3.63, 3.8) is 0 Å². The monoisotopic (exact) mass is 502 g/mol. The van der Waals surface area contributed by atoms with E-state index in [4.69, 9.17) is 4.74 Å². The minimum Gasteiger partial charge on any atom is -0.488 e. The fraction of sp³-hybridized carbons (Fsp3) is 0.278. The van der Waals surface area contributed by atoms with Crippen molar-refractivity contribution < 1.29 is 13.5 Å². The lowest BCUT2D eigenvalue weighted by atomic mass is 10.2. The first kappa shape index (κ1) is 21.8. The summed E-state index contributed by atoms with van der Waals surface area (Å²) in [6.45, 7) is 0.293. The van der Waals surface area contributed by atoms with Crippen LogP contribution in [0.4, 0.5) is 8.78 Å². The van der Waals surface area contributed by atoms with Crippen LogP contribution in [0, 0.1) is 0 Å². The van der Waals surface area contributed by atoms with Crippen molar-refractivity contribution in [1.29, 1.82) is 0 Å². The standard InChI is InChI=1S/C18H20F2N6O.HI/c1-21-18(23-11-17-25-24-16-7-2-3-8-26(16)17)22-10-13-5-4-6-14(9-13)27-12-15(19)20;/h2-9,15H,10-12H2,1H3,(H2,21,22,23);1H. The number of hydrogen-bond donors (Lipinski definition) is 2. The molecule has 0 radical (unpaired) electrons. The van der Waals surface area contributed by atoms with Gasteiger partial charge in [0.2, 0.25) is 0 Å². The number of rotatable bonds is 7. The molecule has 10 heteroatoms. The van der Waals surface area contributed by atoms with Crippen molar-refractivity contribution in [2.24, 2.45) is 4.99 Å². The summed E-state index contributed by atoms with van der Waals surface area (Å²) in [6, 6.07) is 12.7. The van der Waals surface area contributed by atoms with Crippen LogP contribution >= 0.6 is 24.0 Å². The molecule has 0 saturated carbocycles. The van der Waals surface area contributed by atoms with Gasteiger partial charge in [-0.25, -0.2) is 8.78 Å². The van der Waals surface area contributed by atoms with Gasteiger partial charge in [-0.1, -0.05) is 18.2 Å². The lowest BCUT2D eigenvalue weighted by Crippen LogP contribution is -2.36. The first-order chi connectivity index (χ1) is 13.2. The smallest absolute Gasteiger partial charge is 0.272 e. The second kappa shape index (κ2) is 10.7. The third-order valence-corrected chi connectivity index (χ3v) is 3.76. The van der Waals surface area contributed by atoms with Crippen molar-refractivity contribution in [2.45, 2.75) is 19.5 Å². The molecule has 0 unspecified atom stereocenters. The Kier molecular flexibility index (Phi) is 8.36. The Morgan fingerprint density at radius 1 is 1.14 bits per heavy atom. The molecule has 7 nitrogen and oxygen atoms in total. The molecule has 0 aliphatic rings. The van der Waals surface area contributed by atoms with Gasteiger partial charge in [0.15, 0.2) is 17.4 Å². The topological polar surface area (TPSA) is 75.8 Å². The van der Waals surface area contributed by atoms with Crippen LogP contribution in [0.1, 0.15) is 11.4 Å². The molecular weight excluding hydrogens is 481 g/mol. The Hall–Kier alpha value is -2.50. The summed E-state index contributed by atoms with van der Waals surface area (Å²) in [5, 5.41) is 14.6. The Labute approximate surface area is 178 Å². The molecule has 0 aliphatic heterocycles. The summed E-state index contributed by atoms with van der Waals surface area (Å²) in [4.78, 5) is 4.17. The van der Waals surface area contributed by atoms with E-state index in [1.807, 2.05) is 34.9 Å². The number of pyridine rings is 1. The molecule has 0 aliphatic carbocycles. The highest BCUT2D eigenvalue weighted by Gasteiger charge is 2.07. The van der Waals surface area contributed by atoms with Crippen molar-refractivity contribution in [3.05, 3.63) is 60.0 Å². The molecular formula is C18H21F2IN6O. The predicted molar refractivity (Wildman–Crippen MR) is 113 cm³/mol. The third kappa shape index (κ3) is 6.01. The summed E-state index contributed by atoms with van der Waals surface area (Å²) in [6.07, 6.45) is -0.601. The molecule has 150 valence electrons. The average Bonchev–Trinajstić information content (AvgIpc) is 3.10. The molecule has 0 saturated heterocycles. The van der Waals surface area contributed by atoms with Crippen LogP contribution < -0.4 is 15.4 Å². The Balaban J connectivity index is 0.00000280. The Bertz CT molecular complexity index is 918. The van der Waals surface area contributed by atoms with E-state index in [1.54, 1.807) is 25.2 Å². The van der Waals surface area contributed by atoms with Gasteiger partial charge in [-0.15, -0.1) is 34.2 Å². The lowest BCUT2D eigenvalue weighted by molar-refractivity contribution is 0.0818. The van der Waals surface area contributed by atoms with E-state index >= 15 is 0 Å². The normalized spacial score (nSPS) is 11.4. The summed E-state index contributed by atoms with van der Waals surface area (Å²) in [7, 11) is 1.67. The number of halogens is 3. The number of alkyl halides is 2. The van der Waals surface area contributed by atoms with Gasteiger partial charge in [0.25, 0.3) is 6.43 Å². The van der Waals surface area contributed by atoms with Gasteiger partial charge in [-0.2, -0.15) is 0 Å². The van der Waals surface area contributed by atoms with Gasteiger partial charge in [0.1, 0.15) is 12.4 Å². The van der Waals surface area contributed by atoms with Crippen LogP contribution in [0.25, 0.3) is 5.65 Å². The number of benzene rings is 1. The molecule has 3 aromatic rings. The van der Waals surface area contributed by atoms with Gasteiger partial charge in [-0.3, -0.25) is 9.39 Å². The first-order valence-electron chi connectivity index (χ1n) is 8.39. The quantitative estimate of drug-likeness (QED) is 0.296. The first-order valence-corrected chi connectivity index (χ1v) is 8.39. The Morgan fingerprint density at radius 3 is 2.75 bits per heavy atom. The molecule has 2 heterocycles. The highest BCUT2D eigenvalue weighted by molar-refractivity contribution is 14.0. The maximum absolute atomic E-state index is 12.2. The maximum atomic E-state index is 12.2. The van der Waals surface area contributed by atoms with Crippen molar-refractivity contribution in [3.8, 4) is 5.75 Å². The van der Waals surface area contributed by atoms with E-state index in [0.717, 1.165) is 17.0 Å². The number of nitrogens with one attached hydrogen (secondary N) is 2. The van der Waals surface area contributed by atoms with E-state index < -0.39 is 13.0 Å². The summed E-state index contributed by atoms with van der Waals surface area (Å²) >= 11 is 0. The summed E-state index contributed by atoms with van der Waals surface area (Å²) in [5.74, 6) is 1.75. The van der Waals surface area contributed by atoms with Crippen molar-refractivity contribution in [1.82, 2.24) is 25.2 Å². The second-order valence-electron chi connectivity index (χ2n) is 5.67. The van der Waals surface area contributed by atoms with Crippen LogP contribution in [0.15, 0.2) is 53.7 Å². The van der Waals surface area contributed by atoms with Crippen LogP contribution in [0.2, 0.25) is 0 Å². The number of aromatic nitrogens is 3. The predicted octanol–water partition coefficient (Wildman–Crippen LogP) is 2.86. The summed E-state index contributed by atoms with van der Waals surface area (Å²) in [5.41, 5.74) is 1.66. The van der Waals surface area contributed by atoms with E-state index in [2.05, 4.69) is 25.8 Å². The zero-order chi connectivity index (χ0) is 19.1. The fourth-order valence-corrected chi connectivity index (χ4v) is 2.49. The largest absolute Gasteiger partial charge is 0.488 e. The van der Waals surface area contributed by atoms with E-state index in [1.165, 1.54) is 0 Å². The third-order valence-electron chi connectivity index (χ3n) is 3.76. The Morgan fingerprint density at radius 2 is 1.96 bits per heavy atom. The maximum Gasteiger partial charge on any atom is 0.272 e. The zero-order valence-corrected chi connectivity index (χ0v) is 17.5. The number of guanidine groups is 1. The molecule has 0 fully saturated rings. The van der Waals surface area contributed by atoms with Gasteiger partial charge < -0.3 is 15.4 Å². The number of ether oxygens (including phenoxy) is 1. The molecule has 0 atom stereocenters. The second-order valence-corrected chi connectivity index (χ2v) is 5.67. The van der Waals surface area contributed by atoms with E-state index in [9.17, 15) is 8.78 Å². The zero-order valence-electron chi connectivity index (χ0n) is 15.2. The van der Waals surface area contributed by atoms with E-state index in [0.29, 0.717) is 24.8 Å². The molecule has 0 bridgehead atoms. The SMILES string of the molecule is CN=C(NCc1cccc(OCC(F)F)c1)NCc1nnc2ccccn12.I. The van der Waals surface area contributed by atoms with Crippen LogP contribution in [-0.2, 0) is 13.1 Å². The van der Waals surface area contributed by atoms with Crippen molar-refractivity contribution >= 4 is 35.6 Å². The number of nitrogens with zero attached hydrogens (tertiary/aromatic N) is 4. The molecule has 0 spiro atoms. The lowest BCUT2D eigenvalue weighted by Gasteiger charge is -2.12. The number of aliphatic imine (C=N–C) groups is 1. The molecule has 2 aromatic heterocycles. The van der Waals surface area contributed by atoms with Crippen LogP contribution in [-0.4, -0.2) is 40.6 Å². The number of fused-ring (bicyclic) bond motifs is 1. The average molecular weight is 502 g/mol. The minimum absolute atomic E-state index is 0. The molecule has 3 rings (SSSR count). The van der Waals surface area contributed by atoms with Crippen molar-refractivity contribution in [2.75, 3.05) is 13.7 Å². The van der Waals surface area contributed by atoms with Gasteiger partial charge in [0.05, 0.1) is 6.54 Å². The summed E-state index contributed by atoms with van der Waals surface area (Å²) < 4.78 is 31.4. The molecule has 1 aromatic carbocycles. The molecule has 2 N–H and O–H groups in total. The van der Waals surface area contributed by atoms with Gasteiger partial charge >= 0.3 is 0 Å². The van der Waals surface area contributed by atoms with E-state index in [-0.39, 0.29) is 24.0 Å². The van der Waals surface area contributed by atoms with Crippen LogP contribution in [0.5, 0.6) is 5.75 Å². The molecule has 0 amide bonds. The fourth-order valence-electron chi connectivity index (χ4n) is 2.49. The van der Waals surface area contributed by atoms with Crippen LogP contribution in [0.3, 0.4) is 0 Å². The van der Waals surface area contributed by atoms with Gasteiger partial charge in [-0.05, 0) is 29.8 Å². The van der Waals surface area contributed by atoms with Gasteiger partial charge in [0, 0.05) is 19.8 Å². The molecule has 28 heavy (non-hydrogen) atoms.